The molecule has 1 aromatic carbocycles. The van der Waals surface area contributed by atoms with Crippen LogP contribution in [-0.4, -0.2) is 25.8 Å². The largest absolute Gasteiger partial charge is 0.366 e. The third-order valence-corrected chi connectivity index (χ3v) is 3.18. The van der Waals surface area contributed by atoms with Gasteiger partial charge in [-0.05, 0) is 24.3 Å². The third-order valence-electron chi connectivity index (χ3n) is 2.85. The van der Waals surface area contributed by atoms with E-state index in [2.05, 4.69) is 25.7 Å². The molecule has 1 amide bonds. The van der Waals surface area contributed by atoms with E-state index in [9.17, 15) is 4.79 Å². The summed E-state index contributed by atoms with van der Waals surface area (Å²) in [4.78, 5) is 20.3. The van der Waals surface area contributed by atoms with Crippen molar-refractivity contribution in [3.05, 3.63) is 53.8 Å². The summed E-state index contributed by atoms with van der Waals surface area (Å²) in [5, 5.41) is 9.86. The van der Waals surface area contributed by atoms with Crippen LogP contribution in [0.5, 0.6) is 0 Å². The molecule has 3 rings (SSSR count). The second-order valence-corrected chi connectivity index (χ2v) is 4.89. The van der Waals surface area contributed by atoms with Crippen LogP contribution >= 0.6 is 11.6 Å². The zero-order chi connectivity index (χ0) is 16.2. The van der Waals surface area contributed by atoms with Crippen molar-refractivity contribution in [3.8, 4) is 0 Å². The Morgan fingerprint density at radius 2 is 2.04 bits per heavy atom. The van der Waals surface area contributed by atoms with Crippen LogP contribution in [0.1, 0.15) is 0 Å². The molecule has 0 saturated carbocycles. The fourth-order valence-corrected chi connectivity index (χ4v) is 2.03. The summed E-state index contributed by atoms with van der Waals surface area (Å²) in [6.45, 7) is 0. The molecule has 0 saturated heterocycles. The topological polar surface area (TPSA) is 111 Å². The smallest absolute Gasteiger partial charge is 0.349 e. The molecule has 0 spiro atoms. The number of hydrogen-bond donors (Lipinski definition) is 3. The number of benzene rings is 1. The number of nitrogen functional groups attached to an aromatic ring is 1. The van der Waals surface area contributed by atoms with Crippen LogP contribution in [0.3, 0.4) is 0 Å². The van der Waals surface area contributed by atoms with Crippen molar-refractivity contribution in [1.82, 2.24) is 19.7 Å². The van der Waals surface area contributed by atoms with Gasteiger partial charge < -0.3 is 16.4 Å². The fraction of sp³-hybridized carbons (Fsp3) is 0. The summed E-state index contributed by atoms with van der Waals surface area (Å²) in [5.41, 5.74) is 6.69. The highest BCUT2D eigenvalue weighted by Gasteiger charge is 2.16. The highest BCUT2D eigenvalue weighted by Crippen LogP contribution is 2.21. The molecule has 116 valence electrons. The summed E-state index contributed by atoms with van der Waals surface area (Å²) in [6, 6.07) is 9.84. The number of carbonyl (C=O) groups is 1. The Balaban J connectivity index is 1.85. The zero-order valence-electron chi connectivity index (χ0n) is 11.8. The molecule has 3 aromatic rings. The molecule has 0 aliphatic heterocycles. The maximum atomic E-state index is 12.4. The van der Waals surface area contributed by atoms with Crippen LogP contribution in [0.25, 0.3) is 0 Å². The minimum Gasteiger partial charge on any atom is -0.366 e. The number of nitrogens with one attached hydrogen (secondary N) is 2. The Bertz CT molecular complexity index is 834. The van der Waals surface area contributed by atoms with Gasteiger partial charge in [-0.15, -0.1) is 9.78 Å². The Kier molecular flexibility index (Phi) is 4.07. The zero-order valence-corrected chi connectivity index (χ0v) is 12.5. The first kappa shape index (κ1) is 14.8. The second-order valence-electron chi connectivity index (χ2n) is 4.48. The molecule has 0 fully saturated rings. The standard InChI is InChI=1S/C14H12ClN7O/c15-10-5-1-2-6-11(10)19-14(23)22-13(20-12(16)21-22)18-9-4-3-7-17-8-9/h1-8H,(H,19,23)(H3,16,18,20,21). The average Bonchev–Trinajstić information content (AvgIpc) is 2.91. The number of nitrogens with zero attached hydrogens (tertiary/aromatic N) is 4. The molecule has 0 atom stereocenters. The minimum atomic E-state index is -0.548. The summed E-state index contributed by atoms with van der Waals surface area (Å²) in [6.07, 6.45) is 3.22. The number of hydrogen-bond acceptors (Lipinski definition) is 6. The molecule has 9 heteroatoms. The van der Waals surface area contributed by atoms with Gasteiger partial charge in [0.2, 0.25) is 11.9 Å². The fourth-order valence-electron chi connectivity index (χ4n) is 1.85. The van der Waals surface area contributed by atoms with Crippen molar-refractivity contribution < 1.29 is 4.79 Å². The SMILES string of the molecule is Nc1nc(Nc2cccnc2)n(C(=O)Nc2ccccc2Cl)n1. The van der Waals surface area contributed by atoms with Crippen LogP contribution < -0.4 is 16.4 Å². The predicted molar refractivity (Wildman–Crippen MR) is 87.8 cm³/mol. The van der Waals surface area contributed by atoms with E-state index in [0.717, 1.165) is 4.68 Å². The Labute approximate surface area is 136 Å². The molecule has 8 nitrogen and oxygen atoms in total. The Morgan fingerprint density at radius 3 is 2.78 bits per heavy atom. The monoisotopic (exact) mass is 329 g/mol. The number of aromatic nitrogens is 4. The highest BCUT2D eigenvalue weighted by molar-refractivity contribution is 6.33. The minimum absolute atomic E-state index is 0.0364. The molecular formula is C14H12ClN7O. The maximum Gasteiger partial charge on any atom is 0.349 e. The van der Waals surface area contributed by atoms with E-state index in [0.29, 0.717) is 16.4 Å². The second kappa shape index (κ2) is 6.32. The summed E-state index contributed by atoms with van der Waals surface area (Å²) in [5.74, 6) is 0.130. The number of halogens is 1. The molecular weight excluding hydrogens is 318 g/mol. The van der Waals surface area contributed by atoms with E-state index in [1.807, 2.05) is 0 Å². The predicted octanol–water partition coefficient (Wildman–Crippen LogP) is 2.73. The van der Waals surface area contributed by atoms with Gasteiger partial charge in [-0.2, -0.15) is 4.98 Å². The quantitative estimate of drug-likeness (QED) is 0.681. The first-order chi connectivity index (χ1) is 11.1. The van der Waals surface area contributed by atoms with E-state index in [1.54, 1.807) is 48.8 Å². The Hall–Kier alpha value is -3.13. The molecule has 0 radical (unpaired) electrons. The van der Waals surface area contributed by atoms with E-state index in [1.165, 1.54) is 0 Å². The first-order valence-corrected chi connectivity index (χ1v) is 6.97. The van der Waals surface area contributed by atoms with Crippen molar-refractivity contribution in [2.24, 2.45) is 0 Å². The molecule has 0 bridgehead atoms. The molecule has 2 heterocycles. The van der Waals surface area contributed by atoms with Gasteiger partial charge in [-0.25, -0.2) is 4.79 Å². The van der Waals surface area contributed by atoms with E-state index < -0.39 is 6.03 Å². The van der Waals surface area contributed by atoms with Crippen LogP contribution in [-0.2, 0) is 0 Å². The maximum absolute atomic E-state index is 12.4. The number of anilines is 4. The first-order valence-electron chi connectivity index (χ1n) is 6.59. The lowest BCUT2D eigenvalue weighted by atomic mass is 10.3. The van der Waals surface area contributed by atoms with Crippen LogP contribution in [0.15, 0.2) is 48.8 Å². The molecule has 0 aliphatic carbocycles. The highest BCUT2D eigenvalue weighted by atomic mass is 35.5. The molecule has 0 aliphatic rings. The van der Waals surface area contributed by atoms with Gasteiger partial charge in [0.15, 0.2) is 0 Å². The Morgan fingerprint density at radius 1 is 1.22 bits per heavy atom. The van der Waals surface area contributed by atoms with Gasteiger partial charge >= 0.3 is 6.03 Å². The summed E-state index contributed by atoms with van der Waals surface area (Å²) < 4.78 is 1.02. The van der Waals surface area contributed by atoms with Gasteiger partial charge in [0.05, 0.1) is 22.6 Å². The van der Waals surface area contributed by atoms with Gasteiger partial charge in [-0.3, -0.25) is 4.98 Å². The number of rotatable bonds is 3. The van der Waals surface area contributed by atoms with Crippen molar-refractivity contribution in [2.45, 2.75) is 0 Å². The summed E-state index contributed by atoms with van der Waals surface area (Å²) >= 11 is 6.02. The van der Waals surface area contributed by atoms with Crippen LogP contribution in [0.2, 0.25) is 5.02 Å². The molecule has 0 unspecified atom stereocenters. The van der Waals surface area contributed by atoms with Gasteiger partial charge in [0.25, 0.3) is 0 Å². The average molecular weight is 330 g/mol. The normalized spacial score (nSPS) is 10.3. The number of pyridine rings is 1. The van der Waals surface area contributed by atoms with Crippen molar-refractivity contribution in [1.29, 1.82) is 0 Å². The molecule has 4 N–H and O–H groups in total. The van der Waals surface area contributed by atoms with Gasteiger partial charge in [0, 0.05) is 6.20 Å². The van der Waals surface area contributed by atoms with Gasteiger partial charge in [-0.1, -0.05) is 23.7 Å². The van der Waals surface area contributed by atoms with Crippen molar-refractivity contribution >= 4 is 40.9 Å². The molecule has 23 heavy (non-hydrogen) atoms. The van der Waals surface area contributed by atoms with Gasteiger partial charge in [0.1, 0.15) is 0 Å². The van der Waals surface area contributed by atoms with Crippen LogP contribution in [0, 0.1) is 0 Å². The van der Waals surface area contributed by atoms with E-state index >= 15 is 0 Å². The molecule has 2 aromatic heterocycles. The van der Waals surface area contributed by atoms with Crippen molar-refractivity contribution in [3.63, 3.8) is 0 Å². The lowest BCUT2D eigenvalue weighted by Crippen LogP contribution is -2.22. The number of amides is 1. The number of para-hydroxylation sites is 1. The van der Waals surface area contributed by atoms with Crippen molar-refractivity contribution in [2.75, 3.05) is 16.4 Å². The number of carbonyl (C=O) groups excluding carboxylic acids is 1. The third kappa shape index (κ3) is 3.38. The van der Waals surface area contributed by atoms with E-state index in [-0.39, 0.29) is 11.9 Å². The lowest BCUT2D eigenvalue weighted by Gasteiger charge is -2.09. The number of nitrogens with two attached hydrogens (primary N) is 1. The lowest BCUT2D eigenvalue weighted by molar-refractivity contribution is 0.251. The van der Waals surface area contributed by atoms with Crippen LogP contribution in [0.4, 0.5) is 28.1 Å². The van der Waals surface area contributed by atoms with E-state index in [4.69, 9.17) is 17.3 Å². The summed E-state index contributed by atoms with van der Waals surface area (Å²) in [7, 11) is 0.